The van der Waals surface area contributed by atoms with Crippen molar-refractivity contribution in [2.75, 3.05) is 41.8 Å². The first-order chi connectivity index (χ1) is 17.0. The summed E-state index contributed by atoms with van der Waals surface area (Å²) in [5, 5.41) is 26.7. The van der Waals surface area contributed by atoms with Crippen LogP contribution in [-0.2, 0) is 0 Å². The van der Waals surface area contributed by atoms with Crippen molar-refractivity contribution in [3.05, 3.63) is 58.8 Å². The molecule has 0 spiro atoms. The molecule has 9 nitrogen and oxygen atoms in total. The zero-order valence-corrected chi connectivity index (χ0v) is 19.7. The Balaban J connectivity index is 1.35. The number of piperidine rings is 1. The second-order valence-electron chi connectivity index (χ2n) is 8.75. The number of hydrogen-bond acceptors (Lipinski definition) is 9. The van der Waals surface area contributed by atoms with Crippen molar-refractivity contribution < 1.29 is 9.50 Å². The number of pyridine rings is 1. The Morgan fingerprint density at radius 2 is 1.91 bits per heavy atom. The normalized spacial score (nSPS) is 17.8. The molecule has 5 N–H and O–H groups in total. The molecule has 5 rings (SSSR count). The molecule has 2 saturated heterocycles. The first-order valence-electron chi connectivity index (χ1n) is 11.5. The summed E-state index contributed by atoms with van der Waals surface area (Å²) >= 11 is 6.38. The predicted molar refractivity (Wildman–Crippen MR) is 135 cm³/mol. The summed E-state index contributed by atoms with van der Waals surface area (Å²) in [5.74, 6) is 1.71. The Hall–Kier alpha value is -3.34. The van der Waals surface area contributed by atoms with Crippen LogP contribution in [0.4, 0.5) is 33.2 Å². The van der Waals surface area contributed by atoms with E-state index in [1.54, 1.807) is 12.1 Å². The summed E-state index contributed by atoms with van der Waals surface area (Å²) in [4.78, 5) is 15.2. The highest BCUT2D eigenvalue weighted by Crippen LogP contribution is 2.35. The number of aliphatic hydroxyl groups is 1. The van der Waals surface area contributed by atoms with Gasteiger partial charge in [0.15, 0.2) is 0 Å². The molecular weight excluding hydrogens is 471 g/mol. The summed E-state index contributed by atoms with van der Waals surface area (Å²) in [6.45, 7) is 2.68. The lowest BCUT2D eigenvalue weighted by Crippen LogP contribution is -2.35. The average Bonchev–Trinajstić information content (AvgIpc) is 3.72. The summed E-state index contributed by atoms with van der Waals surface area (Å²) in [7, 11) is 0. The van der Waals surface area contributed by atoms with Gasteiger partial charge in [0.25, 0.3) is 0 Å². The van der Waals surface area contributed by atoms with Crippen molar-refractivity contribution in [3.63, 3.8) is 0 Å². The fourth-order valence-electron chi connectivity index (χ4n) is 4.16. The summed E-state index contributed by atoms with van der Waals surface area (Å²) < 4.78 is 14.8. The molecule has 1 aromatic carbocycles. The largest absolute Gasteiger partial charge is 0.396 e. The minimum Gasteiger partial charge on any atom is -0.396 e. The molecule has 4 heterocycles. The van der Waals surface area contributed by atoms with Crippen LogP contribution in [0.15, 0.2) is 36.8 Å². The number of nitrogens with zero attached hydrogens (tertiary/aromatic N) is 4. The number of halogens is 2. The molecule has 1 atom stereocenters. The van der Waals surface area contributed by atoms with Crippen LogP contribution in [0.2, 0.25) is 5.02 Å². The van der Waals surface area contributed by atoms with Crippen molar-refractivity contribution in [2.24, 2.45) is 5.92 Å². The third kappa shape index (κ3) is 5.34. The molecular formula is C24H26ClFN8O. The van der Waals surface area contributed by atoms with Gasteiger partial charge < -0.3 is 31.4 Å². The molecule has 2 aromatic heterocycles. The van der Waals surface area contributed by atoms with E-state index in [9.17, 15) is 9.50 Å². The Kier molecular flexibility index (Phi) is 6.76. The van der Waals surface area contributed by atoms with Crippen molar-refractivity contribution in [2.45, 2.75) is 18.9 Å². The van der Waals surface area contributed by atoms with Crippen LogP contribution in [0.1, 0.15) is 30.0 Å². The lowest BCUT2D eigenvalue weighted by Gasteiger charge is -2.31. The zero-order valence-electron chi connectivity index (χ0n) is 18.9. The molecule has 11 heteroatoms. The van der Waals surface area contributed by atoms with Crippen LogP contribution in [0.5, 0.6) is 0 Å². The number of nitrogens with one attached hydrogen (secondary N) is 4. The van der Waals surface area contributed by atoms with Gasteiger partial charge in [0.1, 0.15) is 29.6 Å². The SMILES string of the molecule is N=Cc1cnc(Nc2cc(N3CCC(CO)CC3)ncn2)cc1Nc1c(F)cc(C2CN2)cc1Cl. The van der Waals surface area contributed by atoms with Gasteiger partial charge in [-0.15, -0.1) is 0 Å². The van der Waals surface area contributed by atoms with E-state index < -0.39 is 5.82 Å². The Morgan fingerprint density at radius 3 is 2.60 bits per heavy atom. The van der Waals surface area contributed by atoms with E-state index in [1.165, 1.54) is 18.6 Å². The van der Waals surface area contributed by atoms with Crippen molar-refractivity contribution in [3.8, 4) is 0 Å². The van der Waals surface area contributed by atoms with Gasteiger partial charge in [0, 0.05) is 62.4 Å². The summed E-state index contributed by atoms with van der Waals surface area (Å²) in [6.07, 6.45) is 6.00. The van der Waals surface area contributed by atoms with E-state index in [1.807, 2.05) is 6.07 Å². The Bertz CT molecular complexity index is 1210. The van der Waals surface area contributed by atoms with E-state index in [-0.39, 0.29) is 23.4 Å². The number of anilines is 5. The smallest absolute Gasteiger partial charge is 0.148 e. The van der Waals surface area contributed by atoms with E-state index >= 15 is 0 Å². The highest BCUT2D eigenvalue weighted by molar-refractivity contribution is 6.33. The molecule has 35 heavy (non-hydrogen) atoms. The fraction of sp³-hybridized carbons (Fsp3) is 0.333. The second-order valence-corrected chi connectivity index (χ2v) is 9.15. The van der Waals surface area contributed by atoms with Gasteiger partial charge in [-0.3, -0.25) is 0 Å². The molecule has 182 valence electrons. The van der Waals surface area contributed by atoms with Gasteiger partial charge in [-0.25, -0.2) is 19.3 Å². The maximum absolute atomic E-state index is 14.8. The number of hydrogen-bond donors (Lipinski definition) is 5. The van der Waals surface area contributed by atoms with E-state index in [0.29, 0.717) is 28.8 Å². The van der Waals surface area contributed by atoms with Gasteiger partial charge in [-0.1, -0.05) is 11.6 Å². The minimum atomic E-state index is -0.464. The third-order valence-electron chi connectivity index (χ3n) is 6.33. The average molecular weight is 497 g/mol. The second kappa shape index (κ2) is 10.1. The topological polar surface area (TPSA) is 132 Å². The number of aliphatic hydroxyl groups excluding tert-OH is 1. The highest BCUT2D eigenvalue weighted by Gasteiger charge is 2.25. The van der Waals surface area contributed by atoms with Crippen LogP contribution < -0.4 is 20.9 Å². The standard InChI is InChI=1S/C24H26ClFN8O/c25-17-5-15(20-11-28-20)6-18(26)24(17)32-19-7-21(29-10-16(19)9-27)33-22-8-23(31-13-30-22)34-3-1-14(12-35)2-4-34/h5-10,13-14,20,27-28,35H,1-4,11-12H2,(H2,29,30,31,32,33). The molecule has 3 aromatic rings. The molecule has 0 saturated carbocycles. The predicted octanol–water partition coefficient (Wildman–Crippen LogP) is 4.00. The monoisotopic (exact) mass is 496 g/mol. The van der Waals surface area contributed by atoms with Crippen LogP contribution in [-0.4, -0.2) is 52.5 Å². The number of rotatable bonds is 8. The molecule has 0 amide bonds. The zero-order chi connectivity index (χ0) is 24.4. The fourth-order valence-corrected chi connectivity index (χ4v) is 4.43. The van der Waals surface area contributed by atoms with Gasteiger partial charge in [0.2, 0.25) is 0 Å². The molecule has 1 unspecified atom stereocenters. The maximum atomic E-state index is 14.8. The van der Waals surface area contributed by atoms with Gasteiger partial charge >= 0.3 is 0 Å². The van der Waals surface area contributed by atoms with E-state index in [2.05, 4.69) is 35.8 Å². The molecule has 0 aliphatic carbocycles. The summed E-state index contributed by atoms with van der Waals surface area (Å²) in [5.41, 5.74) is 1.92. The van der Waals surface area contributed by atoms with Gasteiger partial charge in [0.05, 0.1) is 16.4 Å². The lowest BCUT2D eigenvalue weighted by atomic mass is 9.98. The third-order valence-corrected chi connectivity index (χ3v) is 6.63. The molecule has 2 aliphatic heterocycles. The highest BCUT2D eigenvalue weighted by atomic mass is 35.5. The maximum Gasteiger partial charge on any atom is 0.148 e. The molecule has 2 aliphatic rings. The van der Waals surface area contributed by atoms with Crippen LogP contribution in [0.25, 0.3) is 0 Å². The Morgan fingerprint density at radius 1 is 1.14 bits per heavy atom. The quantitative estimate of drug-likeness (QED) is 0.233. The molecule has 2 fully saturated rings. The number of benzene rings is 1. The number of aromatic nitrogens is 3. The first kappa shape index (κ1) is 23.4. The van der Waals surface area contributed by atoms with Crippen LogP contribution in [0, 0.1) is 17.1 Å². The minimum absolute atomic E-state index is 0.142. The molecule has 0 bridgehead atoms. The summed E-state index contributed by atoms with van der Waals surface area (Å²) in [6, 6.07) is 6.88. The van der Waals surface area contributed by atoms with Crippen molar-refractivity contribution in [1.29, 1.82) is 5.41 Å². The van der Waals surface area contributed by atoms with Gasteiger partial charge in [-0.05, 0) is 36.5 Å². The first-order valence-corrected chi connectivity index (χ1v) is 11.9. The van der Waals surface area contributed by atoms with Gasteiger partial charge in [-0.2, -0.15) is 0 Å². The Labute approximate surface area is 207 Å². The van der Waals surface area contributed by atoms with Crippen LogP contribution in [0.3, 0.4) is 0 Å². The van der Waals surface area contributed by atoms with Crippen molar-refractivity contribution >= 4 is 46.6 Å². The van der Waals surface area contributed by atoms with E-state index in [0.717, 1.165) is 50.1 Å². The van der Waals surface area contributed by atoms with E-state index in [4.69, 9.17) is 17.0 Å². The van der Waals surface area contributed by atoms with Crippen LogP contribution >= 0.6 is 11.6 Å². The lowest BCUT2D eigenvalue weighted by molar-refractivity contribution is 0.203. The van der Waals surface area contributed by atoms with Crippen molar-refractivity contribution in [1.82, 2.24) is 20.3 Å². The molecule has 0 radical (unpaired) electrons.